The first kappa shape index (κ1) is 43.8. The van der Waals surface area contributed by atoms with Gasteiger partial charge in [0.1, 0.15) is 46.0 Å². The maximum Gasteiger partial charge on any atom is 0.227 e. The van der Waals surface area contributed by atoms with Gasteiger partial charge in [0, 0.05) is 55.1 Å². The largest absolute Gasteiger partial charge is 0.427 e. The third-order valence-corrected chi connectivity index (χ3v) is 12.8. The predicted octanol–water partition coefficient (Wildman–Crippen LogP) is 16.2. The third kappa shape index (κ3) is 7.21. The second-order valence-electron chi connectivity index (χ2n) is 17.1. The maximum atomic E-state index is 14.9. The van der Waals surface area contributed by atoms with Crippen LogP contribution in [-0.2, 0) is 0 Å². The van der Waals surface area contributed by atoms with Crippen molar-refractivity contribution in [3.8, 4) is 0 Å². The first-order chi connectivity index (χ1) is 35.0. The van der Waals surface area contributed by atoms with Gasteiger partial charge in [0.25, 0.3) is 0 Å². The van der Waals surface area contributed by atoms with Crippen molar-refractivity contribution < 1.29 is 35.2 Å². The van der Waals surface area contributed by atoms with E-state index in [-0.39, 0.29) is 0 Å². The summed E-state index contributed by atoms with van der Waals surface area (Å²) in [6.07, 6.45) is 5.41. The van der Waals surface area contributed by atoms with E-state index in [1.54, 1.807) is 48.5 Å². The minimum absolute atomic E-state index is 0.361. The SMILES string of the molecule is Cc1ncoc1N(c1ccc(F)cc1)c1cc(N(c2ccc(F)cc2)c2ocnc2C)c2ccc3c(N(c4ccc(F)cc4)c4ocnc4C)cc(N(c4ccc(F)cc4)c4ocnc4C)c4ccc1c2c43. The summed E-state index contributed by atoms with van der Waals surface area (Å²) < 4.78 is 84.2. The molecule has 0 amide bonds. The Balaban J connectivity index is 1.29. The third-order valence-electron chi connectivity index (χ3n) is 12.8. The number of oxazole rings is 4. The van der Waals surface area contributed by atoms with Crippen LogP contribution >= 0.6 is 0 Å². The summed E-state index contributed by atoms with van der Waals surface area (Å²) in [6, 6.07) is 36.2. The molecule has 12 aromatic rings. The molecule has 0 aliphatic rings. The zero-order chi connectivity index (χ0) is 49.4. The highest BCUT2D eigenvalue weighted by molar-refractivity contribution is 6.33. The summed E-state index contributed by atoms with van der Waals surface area (Å²) in [4.78, 5) is 25.5. The molecule has 0 saturated heterocycles. The summed E-state index contributed by atoms with van der Waals surface area (Å²) >= 11 is 0. The topological polar surface area (TPSA) is 117 Å². The molecule has 12 nitrogen and oxygen atoms in total. The minimum Gasteiger partial charge on any atom is -0.427 e. The molecular formula is C56H38F4N8O4. The Kier molecular flexibility index (Phi) is 10.5. The van der Waals surface area contributed by atoms with E-state index >= 15 is 0 Å². The fourth-order valence-electron chi connectivity index (χ4n) is 9.52. The molecule has 0 N–H and O–H groups in total. The van der Waals surface area contributed by atoms with Crippen molar-refractivity contribution in [2.24, 2.45) is 0 Å². The number of benzene rings is 8. The van der Waals surface area contributed by atoms with E-state index < -0.39 is 23.3 Å². The molecule has 8 aromatic carbocycles. The molecule has 4 aromatic heterocycles. The normalized spacial score (nSPS) is 11.6. The molecule has 0 bridgehead atoms. The van der Waals surface area contributed by atoms with Crippen LogP contribution in [0.3, 0.4) is 0 Å². The predicted molar refractivity (Wildman–Crippen MR) is 268 cm³/mol. The molecule has 0 saturated carbocycles. The van der Waals surface area contributed by atoms with Crippen LogP contribution in [0.4, 0.5) is 86.6 Å². The lowest BCUT2D eigenvalue weighted by Crippen LogP contribution is -2.16. The van der Waals surface area contributed by atoms with Crippen molar-refractivity contribution in [1.82, 2.24) is 19.9 Å². The van der Waals surface area contributed by atoms with Gasteiger partial charge in [0.2, 0.25) is 23.5 Å². The minimum atomic E-state index is -0.437. The highest BCUT2D eigenvalue weighted by atomic mass is 19.1. The molecule has 354 valence electrons. The van der Waals surface area contributed by atoms with Crippen molar-refractivity contribution in [2.45, 2.75) is 27.7 Å². The van der Waals surface area contributed by atoms with Gasteiger partial charge in [-0.25, -0.2) is 37.5 Å². The van der Waals surface area contributed by atoms with Crippen LogP contribution < -0.4 is 19.6 Å². The molecule has 0 unspecified atom stereocenters. The zero-order valence-electron chi connectivity index (χ0n) is 38.7. The van der Waals surface area contributed by atoms with Crippen LogP contribution in [0, 0.1) is 51.0 Å². The fourth-order valence-corrected chi connectivity index (χ4v) is 9.52. The van der Waals surface area contributed by atoms with E-state index in [9.17, 15) is 17.6 Å². The second kappa shape index (κ2) is 17.2. The Morgan fingerprint density at radius 1 is 0.306 bits per heavy atom. The molecule has 0 aliphatic heterocycles. The van der Waals surface area contributed by atoms with E-state index in [2.05, 4.69) is 19.9 Å². The first-order valence-corrected chi connectivity index (χ1v) is 22.6. The lowest BCUT2D eigenvalue weighted by atomic mass is 9.89. The molecule has 16 heteroatoms. The van der Waals surface area contributed by atoms with Crippen LogP contribution in [0.25, 0.3) is 32.3 Å². The molecule has 0 spiro atoms. The smallest absolute Gasteiger partial charge is 0.227 e. The number of rotatable bonds is 12. The van der Waals surface area contributed by atoms with Crippen molar-refractivity contribution in [3.05, 3.63) is 205 Å². The van der Waals surface area contributed by atoms with Gasteiger partial charge in [-0.3, -0.25) is 19.6 Å². The summed E-state index contributed by atoms with van der Waals surface area (Å²) in [5, 5.41) is 4.34. The van der Waals surface area contributed by atoms with Gasteiger partial charge in [-0.1, -0.05) is 24.3 Å². The first-order valence-electron chi connectivity index (χ1n) is 22.6. The Hall–Kier alpha value is -9.44. The maximum absolute atomic E-state index is 14.9. The fraction of sp³-hybridized carbons (Fsp3) is 0.0714. The van der Waals surface area contributed by atoms with Gasteiger partial charge in [0.15, 0.2) is 25.6 Å². The standard InChI is InChI=1S/C56H38F4N8O4/c1-31-53(69-27-61-31)65(39-13-5-35(57)6-14-39)47-25-48(66(54-32(2)62-28-70-54)40-15-7-36(58)8-16-40)44-23-24-46-50(68(56-34(4)64-30-72-56)42-19-11-38(60)12-20-42)26-49(45-22-21-43(47)51(44)52(45)46)67(55-33(3)63-29-71-55)41-17-9-37(59)10-18-41/h5-30H,1-4H3. The van der Waals surface area contributed by atoms with Gasteiger partial charge < -0.3 is 17.7 Å². The second-order valence-corrected chi connectivity index (χ2v) is 17.1. The molecule has 4 heterocycles. The van der Waals surface area contributed by atoms with Crippen LogP contribution in [0.1, 0.15) is 22.8 Å². The van der Waals surface area contributed by atoms with E-state index in [0.29, 0.717) is 91.8 Å². The van der Waals surface area contributed by atoms with E-state index in [1.165, 1.54) is 74.1 Å². The summed E-state index contributed by atoms with van der Waals surface area (Å²) in [7, 11) is 0. The van der Waals surface area contributed by atoms with Gasteiger partial charge in [-0.2, -0.15) is 0 Å². The number of nitrogens with zero attached hydrogens (tertiary/aromatic N) is 8. The molecule has 12 rings (SSSR count). The summed E-state index contributed by atoms with van der Waals surface area (Å²) in [5.74, 6) is -0.306. The van der Waals surface area contributed by atoms with Crippen LogP contribution in [0.15, 0.2) is 177 Å². The molecule has 72 heavy (non-hydrogen) atoms. The van der Waals surface area contributed by atoms with Crippen LogP contribution in [0.2, 0.25) is 0 Å². The molecule has 0 atom stereocenters. The quantitative estimate of drug-likeness (QED) is 0.0857. The van der Waals surface area contributed by atoms with E-state index in [4.69, 9.17) is 17.7 Å². The molecule has 0 radical (unpaired) electrons. The Bertz CT molecular complexity index is 3440. The number of anilines is 12. The Morgan fingerprint density at radius 3 is 0.694 bits per heavy atom. The molecular weight excluding hydrogens is 925 g/mol. The van der Waals surface area contributed by atoms with Crippen molar-refractivity contribution in [2.75, 3.05) is 19.6 Å². The number of aryl methyl sites for hydroxylation is 4. The molecule has 0 aliphatic carbocycles. The number of aromatic nitrogens is 4. The number of halogens is 4. The Morgan fingerprint density at radius 2 is 0.514 bits per heavy atom. The summed E-state index contributed by atoms with van der Waals surface area (Å²) in [5.41, 5.74) is 6.72. The van der Waals surface area contributed by atoms with E-state index in [1.807, 2.05) is 83.7 Å². The average Bonchev–Trinajstić information content (AvgIpc) is 4.22. The Labute approximate surface area is 407 Å². The highest BCUT2D eigenvalue weighted by Gasteiger charge is 2.32. The van der Waals surface area contributed by atoms with Crippen molar-refractivity contribution in [1.29, 1.82) is 0 Å². The van der Waals surface area contributed by atoms with Crippen molar-refractivity contribution in [3.63, 3.8) is 0 Å². The van der Waals surface area contributed by atoms with Gasteiger partial charge >= 0.3 is 0 Å². The van der Waals surface area contributed by atoms with Crippen LogP contribution in [0.5, 0.6) is 0 Å². The van der Waals surface area contributed by atoms with E-state index in [0.717, 1.165) is 32.3 Å². The molecule has 0 fully saturated rings. The number of hydrogen-bond donors (Lipinski definition) is 0. The van der Waals surface area contributed by atoms with Gasteiger partial charge in [0.05, 0.1) is 22.7 Å². The number of hydrogen-bond acceptors (Lipinski definition) is 12. The van der Waals surface area contributed by atoms with Crippen LogP contribution in [-0.4, -0.2) is 19.9 Å². The average molecular weight is 963 g/mol. The van der Waals surface area contributed by atoms with Gasteiger partial charge in [-0.15, -0.1) is 0 Å². The van der Waals surface area contributed by atoms with Crippen molar-refractivity contribution >= 4 is 101 Å². The lowest BCUT2D eigenvalue weighted by Gasteiger charge is -2.32. The monoisotopic (exact) mass is 962 g/mol. The lowest BCUT2D eigenvalue weighted by molar-refractivity contribution is 0.562. The zero-order valence-corrected chi connectivity index (χ0v) is 38.7. The van der Waals surface area contributed by atoms with Gasteiger partial charge in [-0.05, 0) is 137 Å². The highest BCUT2D eigenvalue weighted by Crippen LogP contribution is 2.55. The summed E-state index contributed by atoms with van der Waals surface area (Å²) in [6.45, 7) is 7.27.